The molecule has 118 valence electrons. The topological polar surface area (TPSA) is 34.1 Å². The molecular weight excluding hydrogens is 319 g/mol. The minimum atomic E-state index is 0. The third kappa shape index (κ3) is 3.54. The molecule has 1 aromatic carbocycles. The van der Waals surface area contributed by atoms with Gasteiger partial charge in [0.2, 0.25) is 0 Å². The van der Waals surface area contributed by atoms with Crippen LogP contribution in [0.15, 0.2) is 36.5 Å². The van der Waals surface area contributed by atoms with Crippen molar-refractivity contribution in [2.75, 3.05) is 13.7 Å². The van der Waals surface area contributed by atoms with E-state index in [1.807, 2.05) is 25.2 Å². The SMILES string of the molecule is CNC1(COc2cnc(Cl)c(-c3ccccc3C)c2)CC1.Cl. The highest BCUT2D eigenvalue weighted by Crippen LogP contribution is 2.36. The number of hydrogen-bond acceptors (Lipinski definition) is 3. The zero-order valence-corrected chi connectivity index (χ0v) is 14.3. The van der Waals surface area contributed by atoms with Gasteiger partial charge in [-0.15, -0.1) is 12.4 Å². The van der Waals surface area contributed by atoms with Gasteiger partial charge in [0.05, 0.1) is 11.7 Å². The fraction of sp³-hybridized carbons (Fsp3) is 0.353. The standard InChI is InChI=1S/C17H19ClN2O.ClH/c1-12-5-3-4-6-14(12)15-9-13(10-20-16(15)18)21-11-17(19-2)7-8-17;/h3-6,9-10,19H,7-8,11H2,1-2H3;1H. The normalized spacial score (nSPS) is 15.0. The van der Waals surface area contributed by atoms with Crippen molar-refractivity contribution >= 4 is 24.0 Å². The van der Waals surface area contributed by atoms with Gasteiger partial charge >= 0.3 is 0 Å². The van der Waals surface area contributed by atoms with Crippen LogP contribution in [0.3, 0.4) is 0 Å². The maximum Gasteiger partial charge on any atom is 0.138 e. The van der Waals surface area contributed by atoms with Crippen LogP contribution >= 0.6 is 24.0 Å². The number of likely N-dealkylation sites (N-methyl/N-ethyl adjacent to an activating group) is 1. The molecule has 0 aliphatic heterocycles. The van der Waals surface area contributed by atoms with Crippen LogP contribution in [-0.2, 0) is 0 Å². The molecule has 0 spiro atoms. The third-order valence-corrected chi connectivity index (χ3v) is 4.45. The Morgan fingerprint density at radius 1 is 1.27 bits per heavy atom. The van der Waals surface area contributed by atoms with Crippen molar-refractivity contribution in [1.29, 1.82) is 0 Å². The number of aryl methyl sites for hydroxylation is 1. The Labute approximate surface area is 142 Å². The molecule has 1 heterocycles. The van der Waals surface area contributed by atoms with E-state index in [1.54, 1.807) is 6.20 Å². The minimum Gasteiger partial charge on any atom is -0.490 e. The number of rotatable bonds is 5. The van der Waals surface area contributed by atoms with Gasteiger partial charge in [-0.3, -0.25) is 0 Å². The number of ether oxygens (including phenoxy) is 1. The molecule has 1 fully saturated rings. The summed E-state index contributed by atoms with van der Waals surface area (Å²) in [5.74, 6) is 0.763. The molecular formula is C17H20Cl2N2O. The third-order valence-electron chi connectivity index (χ3n) is 4.15. The van der Waals surface area contributed by atoms with Crippen LogP contribution in [0.2, 0.25) is 5.15 Å². The van der Waals surface area contributed by atoms with Gasteiger partial charge in [0.25, 0.3) is 0 Å². The molecule has 0 unspecified atom stereocenters. The van der Waals surface area contributed by atoms with Gasteiger partial charge in [0.1, 0.15) is 17.5 Å². The summed E-state index contributed by atoms with van der Waals surface area (Å²) in [6, 6.07) is 10.1. The lowest BCUT2D eigenvalue weighted by Gasteiger charge is -2.16. The fourth-order valence-electron chi connectivity index (χ4n) is 2.41. The molecule has 0 bridgehead atoms. The van der Waals surface area contributed by atoms with E-state index in [-0.39, 0.29) is 17.9 Å². The van der Waals surface area contributed by atoms with Crippen LogP contribution < -0.4 is 10.1 Å². The van der Waals surface area contributed by atoms with E-state index in [0.29, 0.717) is 11.8 Å². The van der Waals surface area contributed by atoms with Gasteiger partial charge in [-0.25, -0.2) is 4.98 Å². The van der Waals surface area contributed by atoms with Crippen molar-refractivity contribution in [3.63, 3.8) is 0 Å². The second-order valence-electron chi connectivity index (χ2n) is 5.64. The van der Waals surface area contributed by atoms with E-state index in [2.05, 4.69) is 29.4 Å². The van der Waals surface area contributed by atoms with E-state index in [0.717, 1.165) is 29.7 Å². The first-order chi connectivity index (χ1) is 10.1. The highest BCUT2D eigenvalue weighted by Gasteiger charge is 2.41. The first-order valence-electron chi connectivity index (χ1n) is 7.17. The number of aromatic nitrogens is 1. The number of nitrogens with zero attached hydrogens (tertiary/aromatic N) is 1. The van der Waals surface area contributed by atoms with E-state index >= 15 is 0 Å². The smallest absolute Gasteiger partial charge is 0.138 e. The predicted molar refractivity (Wildman–Crippen MR) is 93.2 cm³/mol. The molecule has 2 aromatic rings. The average Bonchev–Trinajstić information content (AvgIpc) is 3.28. The molecule has 0 amide bonds. The molecule has 0 saturated heterocycles. The molecule has 1 N–H and O–H groups in total. The highest BCUT2D eigenvalue weighted by molar-refractivity contribution is 6.32. The largest absolute Gasteiger partial charge is 0.490 e. The number of nitrogens with one attached hydrogen (secondary N) is 1. The van der Waals surface area contributed by atoms with Crippen LogP contribution in [0.4, 0.5) is 0 Å². The van der Waals surface area contributed by atoms with Crippen molar-refractivity contribution in [2.24, 2.45) is 0 Å². The summed E-state index contributed by atoms with van der Waals surface area (Å²) < 4.78 is 5.90. The Kier molecular flexibility index (Phi) is 5.32. The summed E-state index contributed by atoms with van der Waals surface area (Å²) in [6.45, 7) is 2.74. The lowest BCUT2D eigenvalue weighted by Crippen LogP contribution is -2.33. The van der Waals surface area contributed by atoms with Crippen LogP contribution in [-0.4, -0.2) is 24.2 Å². The average molecular weight is 339 g/mol. The molecule has 1 aromatic heterocycles. The van der Waals surface area contributed by atoms with Gasteiger partial charge in [-0.2, -0.15) is 0 Å². The molecule has 3 rings (SSSR count). The van der Waals surface area contributed by atoms with E-state index in [1.165, 1.54) is 5.56 Å². The summed E-state index contributed by atoms with van der Waals surface area (Å²) in [4.78, 5) is 4.26. The number of pyridine rings is 1. The van der Waals surface area contributed by atoms with Crippen LogP contribution in [0, 0.1) is 6.92 Å². The summed E-state index contributed by atoms with van der Waals surface area (Å²) in [5, 5.41) is 3.82. The van der Waals surface area contributed by atoms with Crippen molar-refractivity contribution in [1.82, 2.24) is 10.3 Å². The predicted octanol–water partition coefficient (Wildman–Crippen LogP) is 4.26. The maximum atomic E-state index is 6.25. The Morgan fingerprint density at radius 3 is 2.64 bits per heavy atom. The van der Waals surface area contributed by atoms with Crippen LogP contribution in [0.25, 0.3) is 11.1 Å². The van der Waals surface area contributed by atoms with Crippen molar-refractivity contribution in [3.8, 4) is 16.9 Å². The summed E-state index contributed by atoms with van der Waals surface area (Å²) in [6.07, 6.45) is 4.01. The molecule has 22 heavy (non-hydrogen) atoms. The zero-order chi connectivity index (χ0) is 14.9. The molecule has 1 aliphatic carbocycles. The molecule has 3 nitrogen and oxygen atoms in total. The Morgan fingerprint density at radius 2 is 2.00 bits per heavy atom. The summed E-state index contributed by atoms with van der Waals surface area (Å²) >= 11 is 6.25. The number of halogens is 2. The zero-order valence-electron chi connectivity index (χ0n) is 12.7. The lowest BCUT2D eigenvalue weighted by molar-refractivity contribution is 0.259. The first-order valence-corrected chi connectivity index (χ1v) is 7.55. The second kappa shape index (κ2) is 6.86. The van der Waals surface area contributed by atoms with Crippen molar-refractivity contribution in [3.05, 3.63) is 47.2 Å². The number of hydrogen-bond donors (Lipinski definition) is 1. The van der Waals surface area contributed by atoms with Gasteiger partial charge in [0.15, 0.2) is 0 Å². The monoisotopic (exact) mass is 338 g/mol. The Hall–Kier alpha value is -1.29. The van der Waals surface area contributed by atoms with Crippen LogP contribution in [0.5, 0.6) is 5.75 Å². The molecule has 5 heteroatoms. The van der Waals surface area contributed by atoms with Crippen molar-refractivity contribution < 1.29 is 4.74 Å². The summed E-state index contributed by atoms with van der Waals surface area (Å²) in [5.41, 5.74) is 3.34. The van der Waals surface area contributed by atoms with E-state index in [9.17, 15) is 0 Å². The van der Waals surface area contributed by atoms with Gasteiger partial charge < -0.3 is 10.1 Å². The van der Waals surface area contributed by atoms with Gasteiger partial charge in [-0.05, 0) is 44.0 Å². The Balaban J connectivity index is 0.00000176. The molecule has 1 aliphatic rings. The van der Waals surface area contributed by atoms with Gasteiger partial charge in [-0.1, -0.05) is 35.9 Å². The second-order valence-corrected chi connectivity index (χ2v) is 6.00. The van der Waals surface area contributed by atoms with E-state index in [4.69, 9.17) is 16.3 Å². The lowest BCUT2D eigenvalue weighted by atomic mass is 10.0. The highest BCUT2D eigenvalue weighted by atomic mass is 35.5. The van der Waals surface area contributed by atoms with Crippen LogP contribution in [0.1, 0.15) is 18.4 Å². The quantitative estimate of drug-likeness (QED) is 0.827. The maximum absolute atomic E-state index is 6.25. The molecule has 1 saturated carbocycles. The minimum absolute atomic E-state index is 0. The molecule has 0 atom stereocenters. The number of benzene rings is 1. The Bertz CT molecular complexity index is 657. The summed E-state index contributed by atoms with van der Waals surface area (Å²) in [7, 11) is 1.98. The van der Waals surface area contributed by atoms with Gasteiger partial charge in [0, 0.05) is 5.56 Å². The fourth-order valence-corrected chi connectivity index (χ4v) is 2.62. The molecule has 0 radical (unpaired) electrons. The van der Waals surface area contributed by atoms with Crippen molar-refractivity contribution in [2.45, 2.75) is 25.3 Å². The van der Waals surface area contributed by atoms with E-state index < -0.39 is 0 Å². The first kappa shape index (κ1) is 17.1.